The van der Waals surface area contributed by atoms with Crippen LogP contribution in [0.5, 0.6) is 17.2 Å². The quantitative estimate of drug-likeness (QED) is 0.196. The predicted octanol–water partition coefficient (Wildman–Crippen LogP) is 4.40. The molecular formula is C29H39N3O4. The third-order valence-corrected chi connectivity index (χ3v) is 6.92. The molecule has 0 spiro atoms. The number of hydrogen-bond acceptors (Lipinski definition) is 7. The van der Waals surface area contributed by atoms with Gasteiger partial charge in [0.1, 0.15) is 17.2 Å². The van der Waals surface area contributed by atoms with E-state index >= 15 is 0 Å². The highest BCUT2D eigenvalue weighted by atomic mass is 16.5. The summed E-state index contributed by atoms with van der Waals surface area (Å²) in [6, 6.07) is 20.3. The summed E-state index contributed by atoms with van der Waals surface area (Å²) in [4.78, 5) is 0. The lowest BCUT2D eigenvalue weighted by atomic mass is 9.62. The molecule has 7 nitrogen and oxygen atoms in total. The van der Waals surface area contributed by atoms with Gasteiger partial charge in [0.25, 0.3) is 0 Å². The predicted molar refractivity (Wildman–Crippen MR) is 143 cm³/mol. The van der Waals surface area contributed by atoms with E-state index in [9.17, 15) is 15.3 Å². The second-order valence-corrected chi connectivity index (χ2v) is 9.01. The fourth-order valence-electron chi connectivity index (χ4n) is 5.48. The third-order valence-electron chi connectivity index (χ3n) is 6.92. The maximum absolute atomic E-state index is 11.0. The zero-order valence-electron chi connectivity index (χ0n) is 21.5. The molecule has 0 aromatic heterocycles. The highest BCUT2D eigenvalue weighted by Gasteiger charge is 2.53. The molecule has 0 heterocycles. The van der Waals surface area contributed by atoms with Crippen molar-refractivity contribution in [3.05, 3.63) is 89.5 Å². The molecule has 3 unspecified atom stereocenters. The molecule has 36 heavy (non-hydrogen) atoms. The van der Waals surface area contributed by atoms with Gasteiger partial charge < -0.3 is 36.0 Å². The Morgan fingerprint density at radius 3 is 1.25 bits per heavy atom. The van der Waals surface area contributed by atoms with E-state index < -0.39 is 23.5 Å². The van der Waals surface area contributed by atoms with Crippen LogP contribution in [0.1, 0.15) is 48.2 Å². The highest BCUT2D eigenvalue weighted by Crippen LogP contribution is 2.56. The smallest absolute Gasteiger partial charge is 0.120 e. The molecule has 0 bridgehead atoms. The lowest BCUT2D eigenvalue weighted by molar-refractivity contribution is -0.0324. The van der Waals surface area contributed by atoms with Crippen molar-refractivity contribution in [3.8, 4) is 17.2 Å². The lowest BCUT2D eigenvalue weighted by Crippen LogP contribution is -2.55. The Kier molecular flexibility index (Phi) is 9.73. The van der Waals surface area contributed by atoms with E-state index in [1.807, 2.05) is 57.5 Å². The molecule has 3 rings (SSSR count). The van der Waals surface area contributed by atoms with Crippen molar-refractivity contribution < 1.29 is 20.1 Å². The minimum Gasteiger partial charge on any atom is -0.508 e. The molecule has 0 radical (unpaired) electrons. The van der Waals surface area contributed by atoms with Crippen LogP contribution in [0.15, 0.2) is 72.8 Å². The van der Waals surface area contributed by atoms with Crippen molar-refractivity contribution in [1.82, 2.24) is 16.0 Å². The molecule has 3 aromatic rings. The average Bonchev–Trinajstić information content (AvgIpc) is 2.88. The summed E-state index contributed by atoms with van der Waals surface area (Å²) >= 11 is 0. The van der Waals surface area contributed by atoms with Gasteiger partial charge >= 0.3 is 0 Å². The number of phenolic OH excluding ortho intramolecular Hbond substituents is 3. The van der Waals surface area contributed by atoms with Gasteiger partial charge in [-0.15, -0.1) is 0 Å². The van der Waals surface area contributed by atoms with Crippen LogP contribution in [0.4, 0.5) is 0 Å². The molecule has 3 aromatic carbocycles. The third kappa shape index (κ3) is 5.34. The summed E-state index contributed by atoms with van der Waals surface area (Å²) in [6.45, 7) is 2.84. The number of rotatable bonds is 13. The number of benzene rings is 3. The molecular weight excluding hydrogens is 454 g/mol. The first kappa shape index (κ1) is 27.5. The van der Waals surface area contributed by atoms with Gasteiger partial charge in [0.2, 0.25) is 0 Å². The van der Waals surface area contributed by atoms with Crippen molar-refractivity contribution in [2.24, 2.45) is 5.41 Å². The topological polar surface area (TPSA) is 106 Å². The van der Waals surface area contributed by atoms with Crippen molar-refractivity contribution >= 4 is 0 Å². The number of aromatic hydroxyl groups is 3. The number of hydrogen-bond donors (Lipinski definition) is 6. The maximum Gasteiger partial charge on any atom is 0.120 e. The second kappa shape index (κ2) is 12.7. The molecule has 6 N–H and O–H groups in total. The Labute approximate surface area is 214 Å². The Balaban J connectivity index is 2.41. The molecule has 0 fully saturated rings. The Bertz CT molecular complexity index is 977. The minimum absolute atomic E-state index is 0.149. The van der Waals surface area contributed by atoms with Crippen LogP contribution in [0.25, 0.3) is 0 Å². The van der Waals surface area contributed by atoms with Gasteiger partial charge in [-0.25, -0.2) is 0 Å². The van der Waals surface area contributed by atoms with Crippen LogP contribution in [0.3, 0.4) is 0 Å². The molecule has 0 saturated carbocycles. The van der Waals surface area contributed by atoms with E-state index in [0.717, 1.165) is 6.42 Å². The number of phenols is 3. The molecule has 0 amide bonds. The van der Waals surface area contributed by atoms with Crippen LogP contribution >= 0.6 is 0 Å². The maximum atomic E-state index is 11.0. The average molecular weight is 494 g/mol. The minimum atomic E-state index is -0.899. The first-order valence-electron chi connectivity index (χ1n) is 12.4. The summed E-state index contributed by atoms with van der Waals surface area (Å²) < 4.78 is 6.32. The Hall–Kier alpha value is -3.10. The van der Waals surface area contributed by atoms with Crippen LogP contribution in [-0.2, 0) is 4.74 Å². The molecule has 7 heteroatoms. The normalized spacial score (nSPS) is 15.7. The first-order valence-corrected chi connectivity index (χ1v) is 12.4. The standard InChI is InChI=1S/C29H39N3O4/c1-5-18-36-19-29(26(30-2)20-12-6-9-15-23(20)33,27(31-3)21-13-7-10-16-24(21)34)28(32-4)22-14-8-11-17-25(22)35/h6-17,26-28,30-35H,5,18-19H2,1-4H3. The molecule has 0 aliphatic carbocycles. The molecule has 0 saturated heterocycles. The molecule has 0 aliphatic rings. The van der Waals surface area contributed by atoms with Gasteiger partial charge in [-0.2, -0.15) is 0 Å². The molecule has 0 aliphatic heterocycles. The zero-order valence-corrected chi connectivity index (χ0v) is 21.5. The molecule has 3 atom stereocenters. The van der Waals surface area contributed by atoms with E-state index in [1.165, 1.54) is 0 Å². The van der Waals surface area contributed by atoms with Crippen LogP contribution in [0, 0.1) is 5.41 Å². The second-order valence-electron chi connectivity index (χ2n) is 9.01. The van der Waals surface area contributed by atoms with Gasteiger partial charge in [0.05, 0.1) is 12.0 Å². The van der Waals surface area contributed by atoms with Gasteiger partial charge in [-0.1, -0.05) is 61.5 Å². The summed E-state index contributed by atoms with van der Waals surface area (Å²) in [5, 5.41) is 43.3. The van der Waals surface area contributed by atoms with E-state index in [-0.39, 0.29) is 23.9 Å². The largest absolute Gasteiger partial charge is 0.508 e. The Morgan fingerprint density at radius 2 is 0.972 bits per heavy atom. The van der Waals surface area contributed by atoms with Gasteiger partial charge in [-0.3, -0.25) is 0 Å². The van der Waals surface area contributed by atoms with Crippen LogP contribution < -0.4 is 16.0 Å². The van der Waals surface area contributed by atoms with Crippen LogP contribution in [-0.4, -0.2) is 49.7 Å². The van der Waals surface area contributed by atoms with Crippen molar-refractivity contribution in [2.45, 2.75) is 31.5 Å². The zero-order chi connectivity index (χ0) is 26.1. The number of nitrogens with one attached hydrogen (secondary N) is 3. The van der Waals surface area contributed by atoms with Gasteiger partial charge in [-0.05, 0) is 45.8 Å². The molecule has 194 valence electrons. The van der Waals surface area contributed by atoms with Crippen molar-refractivity contribution in [1.29, 1.82) is 0 Å². The fraction of sp³-hybridized carbons (Fsp3) is 0.379. The van der Waals surface area contributed by atoms with Crippen molar-refractivity contribution in [3.63, 3.8) is 0 Å². The van der Waals surface area contributed by atoms with E-state index in [4.69, 9.17) is 4.74 Å². The van der Waals surface area contributed by atoms with Crippen molar-refractivity contribution in [2.75, 3.05) is 34.4 Å². The monoisotopic (exact) mass is 493 g/mol. The number of ether oxygens (including phenoxy) is 1. The fourth-order valence-corrected chi connectivity index (χ4v) is 5.48. The van der Waals surface area contributed by atoms with Gasteiger partial charge in [0, 0.05) is 41.4 Å². The van der Waals surface area contributed by atoms with E-state index in [0.29, 0.717) is 23.3 Å². The number of para-hydroxylation sites is 3. The van der Waals surface area contributed by atoms with E-state index in [2.05, 4.69) is 22.9 Å². The van der Waals surface area contributed by atoms with Crippen LogP contribution in [0.2, 0.25) is 0 Å². The lowest BCUT2D eigenvalue weighted by Gasteiger charge is -2.51. The first-order chi connectivity index (χ1) is 17.5. The van der Waals surface area contributed by atoms with Gasteiger partial charge in [0.15, 0.2) is 0 Å². The summed E-state index contributed by atoms with van der Waals surface area (Å²) in [6.07, 6.45) is 0.832. The Morgan fingerprint density at radius 1 is 0.639 bits per heavy atom. The SMILES string of the molecule is CCCOCC(C(NC)c1ccccc1O)(C(NC)c1ccccc1O)C(NC)c1ccccc1O. The summed E-state index contributed by atoms with van der Waals surface area (Å²) in [5.74, 6) is 0.447. The summed E-state index contributed by atoms with van der Waals surface area (Å²) in [5.41, 5.74) is 1.16. The highest BCUT2D eigenvalue weighted by molar-refractivity contribution is 5.44. The summed E-state index contributed by atoms with van der Waals surface area (Å²) in [7, 11) is 5.54. The van der Waals surface area contributed by atoms with E-state index in [1.54, 1.807) is 36.4 Å².